The second-order valence-electron chi connectivity index (χ2n) is 4.46. The van der Waals surface area contributed by atoms with Gasteiger partial charge in [0.05, 0.1) is 11.3 Å². The summed E-state index contributed by atoms with van der Waals surface area (Å²) in [6, 6.07) is 5.10. The van der Waals surface area contributed by atoms with Crippen molar-refractivity contribution in [2.24, 2.45) is 0 Å². The maximum absolute atomic E-state index is 12.4. The highest BCUT2D eigenvalue weighted by Gasteiger charge is 2.23. The summed E-state index contributed by atoms with van der Waals surface area (Å²) in [7, 11) is -3.62. The third kappa shape index (κ3) is 4.04. The third-order valence-corrected chi connectivity index (χ3v) is 4.71. The van der Waals surface area contributed by atoms with Gasteiger partial charge in [0, 0.05) is 13.1 Å². The second kappa shape index (κ2) is 6.16. The summed E-state index contributed by atoms with van der Waals surface area (Å²) in [5.41, 5.74) is 1.74. The molecule has 0 aliphatic heterocycles. The first-order chi connectivity index (χ1) is 8.77. The molecule has 0 aromatic heterocycles. The van der Waals surface area contributed by atoms with Gasteiger partial charge in [-0.2, -0.15) is 4.31 Å². The van der Waals surface area contributed by atoms with Crippen molar-refractivity contribution in [1.82, 2.24) is 4.31 Å². The van der Waals surface area contributed by atoms with Gasteiger partial charge < -0.3 is 5.11 Å². The summed E-state index contributed by atoms with van der Waals surface area (Å²) in [6.45, 7) is 5.60. The second-order valence-corrected chi connectivity index (χ2v) is 6.40. The van der Waals surface area contributed by atoms with Crippen LogP contribution >= 0.6 is 0 Å². The fourth-order valence-electron chi connectivity index (χ4n) is 1.90. The van der Waals surface area contributed by atoms with Crippen molar-refractivity contribution < 1.29 is 18.3 Å². The number of hydrogen-bond donors (Lipinski definition) is 1. The molecular weight excluding hydrogens is 266 g/mol. The summed E-state index contributed by atoms with van der Waals surface area (Å²) in [6.07, 6.45) is -0.197. The highest BCUT2D eigenvalue weighted by Crippen LogP contribution is 2.19. The van der Waals surface area contributed by atoms with Crippen molar-refractivity contribution in [3.8, 4) is 0 Å². The first kappa shape index (κ1) is 15.7. The molecule has 0 bridgehead atoms. The van der Waals surface area contributed by atoms with Crippen LogP contribution in [0.5, 0.6) is 0 Å². The van der Waals surface area contributed by atoms with E-state index in [1.54, 1.807) is 19.1 Å². The lowest BCUT2D eigenvalue weighted by Gasteiger charge is -2.20. The summed E-state index contributed by atoms with van der Waals surface area (Å²) in [4.78, 5) is 10.8. The zero-order valence-corrected chi connectivity index (χ0v) is 12.2. The topological polar surface area (TPSA) is 74.7 Å². The highest BCUT2D eigenvalue weighted by atomic mass is 32.2. The first-order valence-corrected chi connectivity index (χ1v) is 7.51. The Morgan fingerprint density at radius 3 is 2.16 bits per heavy atom. The van der Waals surface area contributed by atoms with Crippen molar-refractivity contribution in [2.45, 2.75) is 32.1 Å². The highest BCUT2D eigenvalue weighted by molar-refractivity contribution is 7.89. The normalized spacial score (nSPS) is 11.8. The molecule has 0 aliphatic carbocycles. The van der Waals surface area contributed by atoms with Crippen molar-refractivity contribution in [2.75, 3.05) is 13.1 Å². The predicted molar refractivity (Wildman–Crippen MR) is 72.6 cm³/mol. The van der Waals surface area contributed by atoms with Gasteiger partial charge >= 0.3 is 5.97 Å². The molecule has 5 nitrogen and oxygen atoms in total. The minimum absolute atomic E-state index is 0.0127. The van der Waals surface area contributed by atoms with Crippen LogP contribution in [0.1, 0.15) is 24.5 Å². The fraction of sp³-hybridized carbons (Fsp3) is 0.462. The molecule has 0 saturated carbocycles. The zero-order chi connectivity index (χ0) is 14.6. The van der Waals surface area contributed by atoms with Crippen LogP contribution in [-0.4, -0.2) is 36.9 Å². The number of hydrogen-bond acceptors (Lipinski definition) is 3. The van der Waals surface area contributed by atoms with E-state index in [1.807, 2.05) is 19.9 Å². The molecule has 6 heteroatoms. The molecule has 0 spiro atoms. The van der Waals surface area contributed by atoms with Crippen molar-refractivity contribution in [3.05, 3.63) is 29.3 Å². The molecule has 1 aromatic carbocycles. The van der Waals surface area contributed by atoms with E-state index in [0.29, 0.717) is 0 Å². The van der Waals surface area contributed by atoms with Crippen LogP contribution in [0.3, 0.4) is 0 Å². The third-order valence-electron chi connectivity index (χ3n) is 2.76. The summed E-state index contributed by atoms with van der Waals surface area (Å²) < 4.78 is 26.0. The monoisotopic (exact) mass is 285 g/mol. The predicted octanol–water partition coefficient (Wildman–Crippen LogP) is 1.79. The molecular formula is C13H19NO4S. The number of carboxylic acid groups (broad SMARTS) is 1. The van der Waals surface area contributed by atoms with Crippen LogP contribution < -0.4 is 0 Å². The van der Waals surface area contributed by atoms with Crippen LogP contribution in [0.25, 0.3) is 0 Å². The molecule has 1 N–H and O–H groups in total. The molecule has 0 atom stereocenters. The van der Waals surface area contributed by atoms with Crippen LogP contribution in [0.4, 0.5) is 0 Å². The molecule has 0 aliphatic rings. The van der Waals surface area contributed by atoms with Gasteiger partial charge in [0.25, 0.3) is 0 Å². The Morgan fingerprint density at radius 1 is 1.21 bits per heavy atom. The summed E-state index contributed by atoms with van der Waals surface area (Å²) in [5, 5.41) is 8.66. The average Bonchev–Trinajstić information content (AvgIpc) is 2.27. The number of rotatable bonds is 6. The quantitative estimate of drug-likeness (QED) is 0.864. The van der Waals surface area contributed by atoms with E-state index >= 15 is 0 Å². The van der Waals surface area contributed by atoms with Gasteiger partial charge in [0.15, 0.2) is 0 Å². The minimum Gasteiger partial charge on any atom is -0.481 e. The Morgan fingerprint density at radius 2 is 1.74 bits per heavy atom. The van der Waals surface area contributed by atoms with Gasteiger partial charge in [-0.05, 0) is 37.1 Å². The number of sulfonamides is 1. The number of nitrogens with zero attached hydrogens (tertiary/aromatic N) is 1. The Bertz CT molecular complexity index is 546. The van der Waals surface area contributed by atoms with E-state index in [0.717, 1.165) is 11.1 Å². The van der Waals surface area contributed by atoms with E-state index in [-0.39, 0.29) is 24.4 Å². The molecule has 0 fully saturated rings. The lowest BCUT2D eigenvalue weighted by molar-refractivity contribution is -0.137. The summed E-state index contributed by atoms with van der Waals surface area (Å²) >= 11 is 0. The molecule has 0 saturated heterocycles. The van der Waals surface area contributed by atoms with Gasteiger partial charge in [-0.1, -0.05) is 13.0 Å². The molecule has 0 radical (unpaired) electrons. The fourth-order valence-corrected chi connectivity index (χ4v) is 3.54. The van der Waals surface area contributed by atoms with E-state index < -0.39 is 16.0 Å². The van der Waals surface area contributed by atoms with Crippen LogP contribution in [0.15, 0.2) is 23.1 Å². The number of carboxylic acids is 1. The zero-order valence-electron chi connectivity index (χ0n) is 11.4. The molecule has 1 aromatic rings. The van der Waals surface area contributed by atoms with Crippen molar-refractivity contribution in [1.29, 1.82) is 0 Å². The SMILES string of the molecule is CCN(CCC(=O)O)S(=O)(=O)c1cc(C)cc(C)c1. The van der Waals surface area contributed by atoms with Crippen LogP contribution in [-0.2, 0) is 14.8 Å². The van der Waals surface area contributed by atoms with E-state index in [2.05, 4.69) is 0 Å². The maximum atomic E-state index is 12.4. The molecule has 1 rings (SSSR count). The Labute approximate surface area is 113 Å². The molecule has 0 heterocycles. The number of aliphatic carboxylic acids is 1. The number of carbonyl (C=O) groups is 1. The Hall–Kier alpha value is -1.40. The molecule has 106 valence electrons. The smallest absolute Gasteiger partial charge is 0.304 e. The molecule has 0 amide bonds. The molecule has 0 unspecified atom stereocenters. The number of aryl methyl sites for hydroxylation is 2. The largest absolute Gasteiger partial charge is 0.481 e. The summed E-state index contributed by atoms with van der Waals surface area (Å²) in [5.74, 6) is -1.01. The lowest BCUT2D eigenvalue weighted by atomic mass is 10.2. The Balaban J connectivity index is 3.09. The number of benzene rings is 1. The van der Waals surface area contributed by atoms with Gasteiger partial charge in [0.1, 0.15) is 0 Å². The van der Waals surface area contributed by atoms with Crippen LogP contribution in [0.2, 0.25) is 0 Å². The van der Waals surface area contributed by atoms with E-state index in [4.69, 9.17) is 5.11 Å². The lowest BCUT2D eigenvalue weighted by Crippen LogP contribution is -2.33. The van der Waals surface area contributed by atoms with E-state index in [1.165, 1.54) is 4.31 Å². The van der Waals surface area contributed by atoms with Gasteiger partial charge in [-0.3, -0.25) is 4.79 Å². The standard InChI is InChI=1S/C13H19NO4S/c1-4-14(6-5-13(15)16)19(17,18)12-8-10(2)7-11(3)9-12/h7-9H,4-6H2,1-3H3,(H,15,16). The van der Waals surface area contributed by atoms with Gasteiger partial charge in [-0.15, -0.1) is 0 Å². The van der Waals surface area contributed by atoms with E-state index in [9.17, 15) is 13.2 Å². The van der Waals surface area contributed by atoms with Crippen LogP contribution in [0, 0.1) is 13.8 Å². The minimum atomic E-state index is -3.62. The van der Waals surface area contributed by atoms with Gasteiger partial charge in [0.2, 0.25) is 10.0 Å². The average molecular weight is 285 g/mol. The van der Waals surface area contributed by atoms with Crippen molar-refractivity contribution >= 4 is 16.0 Å². The van der Waals surface area contributed by atoms with Crippen molar-refractivity contribution in [3.63, 3.8) is 0 Å². The van der Waals surface area contributed by atoms with Gasteiger partial charge in [-0.25, -0.2) is 8.42 Å². The maximum Gasteiger partial charge on any atom is 0.304 e. The first-order valence-electron chi connectivity index (χ1n) is 6.07. The molecule has 19 heavy (non-hydrogen) atoms. The Kier molecular flexibility index (Phi) is 5.08.